The fourth-order valence-corrected chi connectivity index (χ4v) is 2.09. The van der Waals surface area contributed by atoms with Crippen molar-refractivity contribution >= 4 is 12.1 Å². The molecule has 0 radical (unpaired) electrons. The second-order valence-electron chi connectivity index (χ2n) is 7.28. The topological polar surface area (TPSA) is 105 Å². The number of amides is 1. The Morgan fingerprint density at radius 1 is 1.14 bits per heavy atom. The van der Waals surface area contributed by atoms with Crippen LogP contribution in [0.15, 0.2) is 5.11 Å². The highest BCUT2D eigenvalue weighted by Gasteiger charge is 2.43. The highest BCUT2D eigenvalue weighted by atomic mass is 16.6. The largest absolute Gasteiger partial charge is 0.458 e. The molecular weight excluding hydrogens is 288 g/mol. The molecule has 0 aromatic rings. The molecule has 1 aliphatic rings. The van der Waals surface area contributed by atoms with Gasteiger partial charge in [-0.1, -0.05) is 5.11 Å². The molecule has 124 valence electrons. The Balaban J connectivity index is 2.92. The van der Waals surface area contributed by atoms with Crippen LogP contribution in [0.25, 0.3) is 10.4 Å². The summed E-state index contributed by atoms with van der Waals surface area (Å²) in [5, 5.41) is 3.61. The average Bonchev–Trinajstić information content (AvgIpc) is 2.69. The first-order valence-corrected chi connectivity index (χ1v) is 7.19. The van der Waals surface area contributed by atoms with E-state index >= 15 is 0 Å². The molecule has 8 heteroatoms. The highest BCUT2D eigenvalue weighted by molar-refractivity contribution is 5.82. The summed E-state index contributed by atoms with van der Waals surface area (Å²) < 4.78 is 10.6. The molecule has 1 saturated heterocycles. The number of rotatable bonds is 2. The number of ether oxygens (including phenoxy) is 2. The normalized spacial score (nSPS) is 22.0. The van der Waals surface area contributed by atoms with E-state index in [-0.39, 0.29) is 13.0 Å². The van der Waals surface area contributed by atoms with E-state index in [0.29, 0.717) is 0 Å². The summed E-state index contributed by atoms with van der Waals surface area (Å²) in [6, 6.07) is -1.26. The number of carbonyl (C=O) groups excluding carboxylic acids is 2. The molecule has 0 unspecified atom stereocenters. The van der Waals surface area contributed by atoms with Crippen molar-refractivity contribution in [1.29, 1.82) is 0 Å². The van der Waals surface area contributed by atoms with E-state index in [0.717, 1.165) is 0 Å². The molecule has 1 aliphatic heterocycles. The van der Waals surface area contributed by atoms with Gasteiger partial charge < -0.3 is 9.47 Å². The molecule has 8 nitrogen and oxygen atoms in total. The number of nitrogens with zero attached hydrogens (tertiary/aromatic N) is 4. The smallest absolute Gasteiger partial charge is 0.411 e. The highest BCUT2D eigenvalue weighted by Crippen LogP contribution is 2.25. The zero-order valence-corrected chi connectivity index (χ0v) is 14.0. The number of esters is 1. The van der Waals surface area contributed by atoms with Crippen LogP contribution in [0.2, 0.25) is 0 Å². The van der Waals surface area contributed by atoms with Gasteiger partial charge in [0, 0.05) is 11.5 Å². The third-order valence-corrected chi connectivity index (χ3v) is 2.80. The molecule has 0 aliphatic carbocycles. The molecule has 0 bridgehead atoms. The lowest BCUT2D eigenvalue weighted by Crippen LogP contribution is -2.45. The average molecular weight is 312 g/mol. The minimum atomic E-state index is -0.801. The summed E-state index contributed by atoms with van der Waals surface area (Å²) in [4.78, 5) is 28.6. The lowest BCUT2D eigenvalue weighted by Gasteiger charge is -2.29. The van der Waals surface area contributed by atoms with Gasteiger partial charge in [-0.15, -0.1) is 0 Å². The standard InChI is InChI=1S/C14H24N4O4/c1-13(2,3)21-11(19)10-7-9(16-17-15)8-18(10)12(20)22-14(4,5)6/h9-10H,7-8H2,1-6H3/t9-,10-/m0/s1. The Morgan fingerprint density at radius 3 is 2.14 bits per heavy atom. The predicted molar refractivity (Wildman–Crippen MR) is 80.1 cm³/mol. The van der Waals surface area contributed by atoms with E-state index in [2.05, 4.69) is 10.0 Å². The zero-order chi connectivity index (χ0) is 17.1. The Bertz CT molecular complexity index is 450. The van der Waals surface area contributed by atoms with Crippen molar-refractivity contribution < 1.29 is 19.1 Å². The maximum atomic E-state index is 12.3. The molecule has 1 heterocycles. The van der Waals surface area contributed by atoms with Gasteiger partial charge in [0.05, 0.1) is 6.04 Å². The van der Waals surface area contributed by atoms with Crippen LogP contribution in [0.3, 0.4) is 0 Å². The van der Waals surface area contributed by atoms with E-state index in [9.17, 15) is 9.59 Å². The Labute approximate surface area is 130 Å². The van der Waals surface area contributed by atoms with Crippen molar-refractivity contribution in [2.75, 3.05) is 6.54 Å². The predicted octanol–water partition coefficient (Wildman–Crippen LogP) is 3.02. The lowest BCUT2D eigenvalue weighted by atomic mass is 10.1. The molecule has 0 spiro atoms. The van der Waals surface area contributed by atoms with Gasteiger partial charge in [-0.3, -0.25) is 4.90 Å². The van der Waals surface area contributed by atoms with Crippen LogP contribution in [-0.4, -0.2) is 46.8 Å². The molecule has 0 aromatic carbocycles. The monoisotopic (exact) mass is 312 g/mol. The van der Waals surface area contributed by atoms with Crippen molar-refractivity contribution in [3.8, 4) is 0 Å². The molecule has 1 fully saturated rings. The summed E-state index contributed by atoms with van der Waals surface area (Å²) in [6.45, 7) is 10.6. The number of carbonyl (C=O) groups is 2. The van der Waals surface area contributed by atoms with Crippen LogP contribution in [0.4, 0.5) is 4.79 Å². The van der Waals surface area contributed by atoms with Gasteiger partial charge >= 0.3 is 12.1 Å². The Kier molecular flexibility index (Phi) is 5.30. The quantitative estimate of drug-likeness (QED) is 0.338. The molecule has 0 saturated carbocycles. The lowest BCUT2D eigenvalue weighted by molar-refractivity contribution is -0.160. The van der Waals surface area contributed by atoms with E-state index < -0.39 is 35.3 Å². The fraction of sp³-hybridized carbons (Fsp3) is 0.857. The SMILES string of the molecule is CC(C)(C)OC(=O)[C@@H]1C[C@H](N=[N+]=[N-])CN1C(=O)OC(C)(C)C. The van der Waals surface area contributed by atoms with Crippen molar-refractivity contribution in [3.63, 3.8) is 0 Å². The van der Waals surface area contributed by atoms with Gasteiger partial charge in [0.2, 0.25) is 0 Å². The van der Waals surface area contributed by atoms with Gasteiger partial charge in [-0.25, -0.2) is 9.59 Å². The summed E-state index contributed by atoms with van der Waals surface area (Å²) in [7, 11) is 0. The van der Waals surface area contributed by atoms with Crippen LogP contribution < -0.4 is 0 Å². The van der Waals surface area contributed by atoms with Crippen molar-refractivity contribution in [2.45, 2.75) is 71.2 Å². The van der Waals surface area contributed by atoms with E-state index in [1.165, 1.54) is 4.90 Å². The zero-order valence-electron chi connectivity index (χ0n) is 14.0. The van der Waals surface area contributed by atoms with Crippen LogP contribution in [0.1, 0.15) is 48.0 Å². The van der Waals surface area contributed by atoms with Crippen LogP contribution >= 0.6 is 0 Å². The van der Waals surface area contributed by atoms with Gasteiger partial charge in [0.25, 0.3) is 0 Å². The first-order valence-electron chi connectivity index (χ1n) is 7.19. The van der Waals surface area contributed by atoms with E-state index in [4.69, 9.17) is 15.0 Å². The number of likely N-dealkylation sites (tertiary alicyclic amines) is 1. The maximum Gasteiger partial charge on any atom is 0.411 e. The van der Waals surface area contributed by atoms with E-state index in [1.807, 2.05) is 0 Å². The van der Waals surface area contributed by atoms with E-state index in [1.54, 1.807) is 41.5 Å². The van der Waals surface area contributed by atoms with Crippen molar-refractivity contribution in [2.24, 2.45) is 5.11 Å². The molecule has 0 aromatic heterocycles. The third kappa shape index (κ3) is 5.44. The Morgan fingerprint density at radius 2 is 1.68 bits per heavy atom. The van der Waals surface area contributed by atoms with Gasteiger partial charge in [0.15, 0.2) is 0 Å². The van der Waals surface area contributed by atoms with Gasteiger partial charge in [-0.05, 0) is 53.5 Å². The summed E-state index contributed by atoms with van der Waals surface area (Å²) in [6.07, 6.45) is -0.378. The first kappa shape index (κ1) is 18.1. The maximum absolute atomic E-state index is 12.3. The second kappa shape index (κ2) is 6.44. The molecule has 0 N–H and O–H groups in total. The molecule has 1 amide bonds. The molecule has 1 rings (SSSR count). The molecular formula is C14H24N4O4. The number of azide groups is 1. The molecule has 22 heavy (non-hydrogen) atoms. The number of hydrogen-bond donors (Lipinski definition) is 0. The van der Waals surface area contributed by atoms with Gasteiger partial charge in [0.1, 0.15) is 17.2 Å². The first-order chi connectivity index (χ1) is 9.93. The minimum absolute atomic E-state index is 0.142. The number of hydrogen-bond acceptors (Lipinski definition) is 5. The Hall–Kier alpha value is -1.95. The van der Waals surface area contributed by atoms with Crippen LogP contribution in [0, 0.1) is 0 Å². The van der Waals surface area contributed by atoms with Gasteiger partial charge in [-0.2, -0.15) is 0 Å². The third-order valence-electron chi connectivity index (χ3n) is 2.80. The molecule has 2 atom stereocenters. The fourth-order valence-electron chi connectivity index (χ4n) is 2.09. The minimum Gasteiger partial charge on any atom is -0.458 e. The summed E-state index contributed by atoms with van der Waals surface area (Å²) in [5.74, 6) is -0.519. The summed E-state index contributed by atoms with van der Waals surface area (Å²) >= 11 is 0. The van der Waals surface area contributed by atoms with Crippen molar-refractivity contribution in [3.05, 3.63) is 10.4 Å². The van der Waals surface area contributed by atoms with Crippen molar-refractivity contribution in [1.82, 2.24) is 4.90 Å². The summed E-state index contributed by atoms with van der Waals surface area (Å²) in [5.41, 5.74) is 7.22. The van der Waals surface area contributed by atoms with Crippen LogP contribution in [-0.2, 0) is 14.3 Å². The van der Waals surface area contributed by atoms with Crippen LogP contribution in [0.5, 0.6) is 0 Å². The second-order valence-corrected chi connectivity index (χ2v) is 7.28.